The van der Waals surface area contributed by atoms with Gasteiger partial charge in [-0.2, -0.15) is 13.9 Å². The predicted molar refractivity (Wildman–Crippen MR) is 102 cm³/mol. The lowest BCUT2D eigenvalue weighted by molar-refractivity contribution is 0.102. The second kappa shape index (κ2) is 8.06. The van der Waals surface area contributed by atoms with Gasteiger partial charge in [-0.3, -0.25) is 4.79 Å². The number of alkyl halides is 2. The molecule has 140 valence electrons. The fraction of sp³-hybridized carbons (Fsp3) is 0.167. The molecule has 3 aromatic rings. The fourth-order valence-electron chi connectivity index (χ4n) is 2.48. The lowest BCUT2D eigenvalue weighted by Gasteiger charge is -2.09. The van der Waals surface area contributed by atoms with E-state index in [1.165, 1.54) is 12.1 Å². The molecule has 1 aromatic carbocycles. The van der Waals surface area contributed by atoms with Gasteiger partial charge in [0.25, 0.3) is 11.7 Å². The molecular formula is C18H15ClF2N4OS. The van der Waals surface area contributed by atoms with Crippen LogP contribution in [0.2, 0.25) is 5.02 Å². The van der Waals surface area contributed by atoms with Gasteiger partial charge in [-0.05, 0) is 56.3 Å². The van der Waals surface area contributed by atoms with Gasteiger partial charge in [-0.25, -0.2) is 9.67 Å². The number of hydrogen-bond acceptors (Lipinski definition) is 4. The molecule has 0 saturated heterocycles. The Hall–Kier alpha value is -2.45. The summed E-state index contributed by atoms with van der Waals surface area (Å²) in [5, 5.41) is 7.21. The number of rotatable bonds is 5. The van der Waals surface area contributed by atoms with E-state index in [9.17, 15) is 13.6 Å². The maximum absolute atomic E-state index is 12.6. The number of anilines is 1. The van der Waals surface area contributed by atoms with Crippen LogP contribution >= 0.6 is 23.4 Å². The Kier molecular flexibility index (Phi) is 5.76. The van der Waals surface area contributed by atoms with Gasteiger partial charge in [0.2, 0.25) is 0 Å². The number of thioether (sulfide) groups is 1. The van der Waals surface area contributed by atoms with Crippen LogP contribution in [0.3, 0.4) is 0 Å². The van der Waals surface area contributed by atoms with Gasteiger partial charge in [0.15, 0.2) is 5.82 Å². The molecule has 1 N–H and O–H groups in total. The summed E-state index contributed by atoms with van der Waals surface area (Å²) < 4.78 is 26.4. The third-order valence-corrected chi connectivity index (χ3v) is 4.64. The second-order valence-electron chi connectivity index (χ2n) is 5.70. The van der Waals surface area contributed by atoms with Gasteiger partial charge in [0.1, 0.15) is 5.69 Å². The number of hydrogen-bond donors (Lipinski definition) is 1. The molecule has 5 nitrogen and oxygen atoms in total. The normalized spacial score (nSPS) is 11.0. The van der Waals surface area contributed by atoms with Crippen molar-refractivity contribution < 1.29 is 13.6 Å². The van der Waals surface area contributed by atoms with E-state index in [0.717, 1.165) is 11.4 Å². The molecule has 0 fully saturated rings. The molecule has 0 aliphatic rings. The van der Waals surface area contributed by atoms with Crippen molar-refractivity contribution in [2.24, 2.45) is 0 Å². The maximum atomic E-state index is 12.6. The SMILES string of the molecule is Cc1cc(C)n(-c2ccc(Cl)c(C(=O)Nc3ccc(SC(F)F)cc3)n2)n1. The van der Waals surface area contributed by atoms with Gasteiger partial charge in [-0.15, -0.1) is 0 Å². The molecule has 0 aliphatic heterocycles. The molecule has 0 aliphatic carbocycles. The van der Waals surface area contributed by atoms with E-state index in [4.69, 9.17) is 11.6 Å². The minimum atomic E-state index is -2.49. The number of aryl methyl sites for hydroxylation is 2. The summed E-state index contributed by atoms with van der Waals surface area (Å²) in [7, 11) is 0. The van der Waals surface area contributed by atoms with Crippen LogP contribution in [0.25, 0.3) is 5.82 Å². The van der Waals surface area contributed by atoms with Crippen LogP contribution in [-0.2, 0) is 0 Å². The zero-order chi connectivity index (χ0) is 19.6. The summed E-state index contributed by atoms with van der Waals surface area (Å²) in [6, 6.07) is 11.3. The van der Waals surface area contributed by atoms with Crippen LogP contribution < -0.4 is 5.32 Å². The first-order valence-corrected chi connectivity index (χ1v) is 9.15. The molecule has 9 heteroatoms. The van der Waals surface area contributed by atoms with Gasteiger partial charge < -0.3 is 5.32 Å². The summed E-state index contributed by atoms with van der Waals surface area (Å²) in [5.74, 6) is -2.53. The standard InChI is InChI=1S/C18H15ClF2N4OS/c1-10-9-11(2)25(24-10)15-8-7-14(19)16(23-15)17(26)22-12-3-5-13(6-4-12)27-18(20)21/h3-9,18H,1-2H3,(H,22,26). The Bertz CT molecular complexity index is 976. The van der Waals surface area contributed by atoms with Crippen molar-refractivity contribution in [3.63, 3.8) is 0 Å². The van der Waals surface area contributed by atoms with Gasteiger partial charge >= 0.3 is 0 Å². The highest BCUT2D eigenvalue weighted by Gasteiger charge is 2.16. The van der Waals surface area contributed by atoms with Crippen molar-refractivity contribution in [3.05, 3.63) is 64.6 Å². The van der Waals surface area contributed by atoms with Gasteiger partial charge in [0, 0.05) is 16.3 Å². The summed E-state index contributed by atoms with van der Waals surface area (Å²) in [4.78, 5) is 17.3. The quantitative estimate of drug-likeness (QED) is 0.596. The first-order valence-electron chi connectivity index (χ1n) is 7.90. The van der Waals surface area contributed by atoms with Crippen LogP contribution in [0.15, 0.2) is 47.4 Å². The third-order valence-electron chi connectivity index (χ3n) is 3.61. The molecule has 0 atom stereocenters. The average molecular weight is 409 g/mol. The molecule has 2 aromatic heterocycles. The number of amides is 1. The fourth-order valence-corrected chi connectivity index (χ4v) is 3.17. The van der Waals surface area contributed by atoms with Crippen molar-refractivity contribution in [2.75, 3.05) is 5.32 Å². The first-order chi connectivity index (χ1) is 12.8. The Labute approximate surface area is 163 Å². The molecule has 2 heterocycles. The zero-order valence-corrected chi connectivity index (χ0v) is 16.0. The highest BCUT2D eigenvalue weighted by molar-refractivity contribution is 7.99. The molecule has 0 spiro atoms. The minimum absolute atomic E-state index is 0.0488. The molecule has 3 rings (SSSR count). The summed E-state index contributed by atoms with van der Waals surface area (Å²) in [6.45, 7) is 3.75. The minimum Gasteiger partial charge on any atom is -0.321 e. The zero-order valence-electron chi connectivity index (χ0n) is 14.4. The highest BCUT2D eigenvalue weighted by Crippen LogP contribution is 2.26. The molecule has 0 unspecified atom stereocenters. The van der Waals surface area contributed by atoms with Gasteiger partial charge in [0.05, 0.1) is 10.7 Å². The van der Waals surface area contributed by atoms with Crippen LogP contribution in [0, 0.1) is 13.8 Å². The van der Waals surface area contributed by atoms with Crippen molar-refractivity contribution in [2.45, 2.75) is 24.5 Å². The summed E-state index contributed by atoms with van der Waals surface area (Å²) in [5.41, 5.74) is 2.21. The van der Waals surface area contributed by atoms with E-state index in [2.05, 4.69) is 15.4 Å². The number of carbonyl (C=O) groups is 1. The Morgan fingerprint density at radius 1 is 1.19 bits per heavy atom. The highest BCUT2D eigenvalue weighted by atomic mass is 35.5. The monoisotopic (exact) mass is 408 g/mol. The molecule has 0 bridgehead atoms. The topological polar surface area (TPSA) is 59.8 Å². The smallest absolute Gasteiger partial charge is 0.288 e. The molecule has 0 saturated carbocycles. The number of carbonyl (C=O) groups excluding carboxylic acids is 1. The van der Waals surface area contributed by atoms with Crippen LogP contribution in [0.4, 0.5) is 14.5 Å². The summed E-state index contributed by atoms with van der Waals surface area (Å²) in [6.07, 6.45) is 0. The van der Waals surface area contributed by atoms with Crippen LogP contribution in [0.1, 0.15) is 21.9 Å². The van der Waals surface area contributed by atoms with Crippen LogP contribution in [0.5, 0.6) is 0 Å². The Morgan fingerprint density at radius 3 is 2.48 bits per heavy atom. The first kappa shape index (κ1) is 19.3. The second-order valence-corrected chi connectivity index (χ2v) is 7.17. The number of benzene rings is 1. The van der Waals surface area contributed by atoms with Crippen molar-refractivity contribution >= 4 is 35.0 Å². The number of aromatic nitrogens is 3. The molecule has 0 radical (unpaired) electrons. The van der Waals surface area contributed by atoms with Gasteiger partial charge in [-0.1, -0.05) is 23.4 Å². The average Bonchev–Trinajstić information content (AvgIpc) is 2.95. The third kappa shape index (κ3) is 4.64. The number of nitrogens with zero attached hydrogens (tertiary/aromatic N) is 3. The number of nitrogens with one attached hydrogen (secondary N) is 1. The maximum Gasteiger partial charge on any atom is 0.288 e. The Balaban J connectivity index is 1.82. The van der Waals surface area contributed by atoms with E-state index in [0.29, 0.717) is 28.2 Å². The number of pyridine rings is 1. The van der Waals surface area contributed by atoms with E-state index in [1.54, 1.807) is 28.9 Å². The van der Waals surface area contributed by atoms with Crippen LogP contribution in [-0.4, -0.2) is 26.4 Å². The Morgan fingerprint density at radius 2 is 1.89 bits per heavy atom. The van der Waals surface area contributed by atoms with Crippen molar-refractivity contribution in [3.8, 4) is 5.82 Å². The van der Waals surface area contributed by atoms with Crippen molar-refractivity contribution in [1.29, 1.82) is 0 Å². The largest absolute Gasteiger partial charge is 0.321 e. The van der Waals surface area contributed by atoms with E-state index < -0.39 is 11.7 Å². The predicted octanol–water partition coefficient (Wildman–Crippen LogP) is 5.10. The van der Waals surface area contributed by atoms with E-state index >= 15 is 0 Å². The lowest BCUT2D eigenvalue weighted by Crippen LogP contribution is -2.16. The molecule has 1 amide bonds. The van der Waals surface area contributed by atoms with E-state index in [-0.39, 0.29) is 10.7 Å². The van der Waals surface area contributed by atoms with Crippen molar-refractivity contribution in [1.82, 2.24) is 14.8 Å². The lowest BCUT2D eigenvalue weighted by atomic mass is 10.3. The van der Waals surface area contributed by atoms with E-state index in [1.807, 2.05) is 19.9 Å². The summed E-state index contributed by atoms with van der Waals surface area (Å²) >= 11 is 6.57. The molecule has 27 heavy (non-hydrogen) atoms. The molecular weight excluding hydrogens is 394 g/mol. The number of halogens is 3.